The van der Waals surface area contributed by atoms with Crippen LogP contribution in [0.5, 0.6) is 0 Å². The summed E-state index contributed by atoms with van der Waals surface area (Å²) >= 11 is 0. The minimum atomic E-state index is -5.13. The van der Waals surface area contributed by atoms with E-state index in [2.05, 4.69) is 41.1 Å². The van der Waals surface area contributed by atoms with E-state index in [4.69, 9.17) is 15.1 Å². The monoisotopic (exact) mass is 944 g/mol. The topological polar surface area (TPSA) is 332 Å². The number of carbonyl (C=O) groups is 6. The number of aryl methyl sites for hydroxylation is 1. The molecule has 6 atom stereocenters. The van der Waals surface area contributed by atoms with Crippen LogP contribution in [0.3, 0.4) is 0 Å². The Labute approximate surface area is 381 Å². The number of amides is 6. The normalized spacial score (nSPS) is 16.3. The molecule has 1 aliphatic rings. The van der Waals surface area contributed by atoms with Crippen molar-refractivity contribution in [2.75, 3.05) is 19.8 Å². The number of unbranched alkanes of at least 4 members (excludes halogenated alkanes) is 2. The van der Waals surface area contributed by atoms with Crippen LogP contribution in [0.1, 0.15) is 88.9 Å². The van der Waals surface area contributed by atoms with Gasteiger partial charge >= 0.3 is 7.82 Å². The lowest BCUT2D eigenvalue weighted by molar-refractivity contribution is -0.139. The summed E-state index contributed by atoms with van der Waals surface area (Å²) in [5, 5.41) is 28.1. The summed E-state index contributed by atoms with van der Waals surface area (Å²) in [6.07, 6.45) is 6.50. The molecule has 1 saturated heterocycles. The number of nitrogens with one attached hydrogen (secondary N) is 4. The fourth-order valence-electron chi connectivity index (χ4n) is 7.26. The summed E-state index contributed by atoms with van der Waals surface area (Å²) in [5.74, 6) is -4.55. The van der Waals surface area contributed by atoms with Crippen LogP contribution >= 0.6 is 7.82 Å². The number of rotatable bonds is 27. The van der Waals surface area contributed by atoms with Crippen molar-refractivity contribution in [2.45, 2.75) is 122 Å². The van der Waals surface area contributed by atoms with Crippen molar-refractivity contribution in [3.63, 3.8) is 0 Å². The van der Waals surface area contributed by atoms with Gasteiger partial charge in [0, 0.05) is 50.8 Å². The van der Waals surface area contributed by atoms with Gasteiger partial charge in [0.25, 0.3) is 0 Å². The smallest absolute Gasteiger partial charge is 0.396 e. The maximum Gasteiger partial charge on any atom is 0.469 e. The van der Waals surface area contributed by atoms with Crippen LogP contribution in [-0.4, -0.2) is 132 Å². The van der Waals surface area contributed by atoms with Gasteiger partial charge < -0.3 is 60.7 Å². The first-order chi connectivity index (χ1) is 31.3. The van der Waals surface area contributed by atoms with Crippen LogP contribution in [0, 0.1) is 5.92 Å². The third-order valence-electron chi connectivity index (χ3n) is 10.5. The second-order valence-electron chi connectivity index (χ2n) is 16.3. The Morgan fingerprint density at radius 3 is 2.35 bits per heavy atom. The van der Waals surface area contributed by atoms with Crippen LogP contribution in [0.25, 0.3) is 0 Å². The summed E-state index contributed by atoms with van der Waals surface area (Å²) in [6.45, 7) is 6.25. The summed E-state index contributed by atoms with van der Waals surface area (Å²) in [5.41, 5.74) is 7.71. The molecule has 0 saturated carbocycles. The number of primary amides is 1. The molecule has 24 heteroatoms. The highest BCUT2D eigenvalue weighted by Crippen LogP contribution is 2.38. The van der Waals surface area contributed by atoms with Gasteiger partial charge in [0.1, 0.15) is 43.0 Å². The molecule has 23 nitrogen and oxygen atoms in total. The van der Waals surface area contributed by atoms with Crippen molar-refractivity contribution in [1.82, 2.24) is 40.9 Å². The minimum absolute atomic E-state index is 0.108. The van der Waals surface area contributed by atoms with Crippen LogP contribution < -0.4 is 27.0 Å². The van der Waals surface area contributed by atoms with Crippen LogP contribution in [0.2, 0.25) is 0 Å². The quantitative estimate of drug-likeness (QED) is 0.0219. The molecule has 1 aliphatic heterocycles. The number of likely N-dealkylation sites (tertiary alicyclic amines) is 1. The fraction of sp³-hybridized carbons (Fsp3) is 0.548. The van der Waals surface area contributed by atoms with Crippen molar-refractivity contribution < 1.29 is 62.1 Å². The third kappa shape index (κ3) is 17.1. The third-order valence-corrected chi connectivity index (χ3v) is 11.1. The zero-order valence-electron chi connectivity index (χ0n) is 37.4. The highest BCUT2D eigenvalue weighted by molar-refractivity contribution is 7.46. The molecule has 1 aromatic carbocycles. The number of carbonyl (C=O) groups excluding carboxylic acids is 6. The molecule has 9 N–H and O–H groups in total. The lowest BCUT2D eigenvalue weighted by Crippen LogP contribution is -2.61. The Bertz CT molecular complexity index is 2160. The van der Waals surface area contributed by atoms with E-state index in [-0.39, 0.29) is 24.7 Å². The fourth-order valence-corrected chi connectivity index (χ4v) is 7.81. The average Bonchev–Trinajstić information content (AvgIpc) is 4.04. The van der Waals surface area contributed by atoms with Crippen molar-refractivity contribution in [3.8, 4) is 0 Å². The summed E-state index contributed by atoms with van der Waals surface area (Å²) in [4.78, 5) is 109. The number of benzene rings is 1. The number of nitrogens with two attached hydrogens (primary N) is 1. The molecular formula is C42H61N10O13P. The molecule has 0 unspecified atom stereocenters. The zero-order chi connectivity index (χ0) is 48.4. The van der Waals surface area contributed by atoms with E-state index in [0.717, 1.165) is 18.2 Å². The maximum atomic E-state index is 14.0. The molecule has 0 radical (unpaired) electrons. The van der Waals surface area contributed by atoms with E-state index in [1.54, 1.807) is 17.0 Å². The lowest BCUT2D eigenvalue weighted by atomic mass is 10.0. The largest absolute Gasteiger partial charge is 0.469 e. The molecule has 66 heavy (non-hydrogen) atoms. The first kappa shape index (κ1) is 52.6. The zero-order valence-corrected chi connectivity index (χ0v) is 38.3. The summed E-state index contributed by atoms with van der Waals surface area (Å²) in [6, 6.07) is 4.73. The van der Waals surface area contributed by atoms with Crippen molar-refractivity contribution in [3.05, 3.63) is 71.6 Å². The van der Waals surface area contributed by atoms with Gasteiger partial charge in [-0.1, -0.05) is 54.5 Å². The van der Waals surface area contributed by atoms with Gasteiger partial charge in [-0.3, -0.25) is 33.3 Å². The lowest BCUT2D eigenvalue weighted by Gasteiger charge is -2.28. The number of aliphatic hydroxyl groups excluding tert-OH is 1. The van der Waals surface area contributed by atoms with Crippen molar-refractivity contribution in [2.24, 2.45) is 16.8 Å². The Morgan fingerprint density at radius 1 is 0.985 bits per heavy atom. The Balaban J connectivity index is 1.42. The number of phosphoric ester groups is 1. The Kier molecular flexibility index (Phi) is 20.4. The molecule has 0 bridgehead atoms. The standard InChI is InChI=1S/C42H61N10O13P/c1-26(2)18-33(47-42(59)36-14-11-16-52(36)28(4)54)39(56)46-34(40(57)48-35(24-53)41(58)49-37(38(43)55)27(3)65-66(60,61)62)21-31-22-44-25-51(31)15-9-6-10-17-63-45-23-32-20-30(50-64-32)19-29-12-7-5-8-13-29/h5,7-8,12-13,20,22-23,25-27,33-37,53H,6,9-11,14-19,21,24H2,1-4H3,(H2,43,55)(H,46,56)(H,47,59)(H,48,57)(H,49,58)(H2,60,61,62)/b45-23+/t27-,33+,34+,35+,36+,37+/m1/s1. The first-order valence-corrected chi connectivity index (χ1v) is 23.1. The minimum Gasteiger partial charge on any atom is -0.396 e. The second-order valence-corrected chi connectivity index (χ2v) is 17.5. The molecule has 362 valence electrons. The molecule has 4 rings (SSSR count). The number of hydrogen-bond donors (Lipinski definition) is 8. The summed E-state index contributed by atoms with van der Waals surface area (Å²) in [7, 11) is -5.13. The predicted molar refractivity (Wildman–Crippen MR) is 236 cm³/mol. The van der Waals surface area contributed by atoms with Crippen molar-refractivity contribution in [1.29, 1.82) is 0 Å². The van der Waals surface area contributed by atoms with Gasteiger partial charge in [-0.25, -0.2) is 9.55 Å². The van der Waals surface area contributed by atoms with E-state index < -0.39 is 80.3 Å². The number of aromatic nitrogens is 3. The molecule has 1 fully saturated rings. The van der Waals surface area contributed by atoms with E-state index in [1.807, 2.05) is 44.2 Å². The highest BCUT2D eigenvalue weighted by Gasteiger charge is 2.37. The molecule has 6 amide bonds. The average molecular weight is 945 g/mol. The van der Waals surface area contributed by atoms with Gasteiger partial charge in [-0.2, -0.15) is 0 Å². The van der Waals surface area contributed by atoms with E-state index >= 15 is 0 Å². The molecule has 3 heterocycles. The number of imidazole rings is 1. The van der Waals surface area contributed by atoms with E-state index in [0.29, 0.717) is 69.7 Å². The number of aliphatic hydroxyl groups is 1. The van der Waals surface area contributed by atoms with Gasteiger partial charge in [0.05, 0.1) is 24.7 Å². The predicted octanol–water partition coefficient (Wildman–Crippen LogP) is 0.197. The molecule has 2 aromatic heterocycles. The summed E-state index contributed by atoms with van der Waals surface area (Å²) < 4.78 is 23.0. The molecular weight excluding hydrogens is 883 g/mol. The van der Waals surface area contributed by atoms with Crippen LogP contribution in [0.4, 0.5) is 0 Å². The van der Waals surface area contributed by atoms with Gasteiger partial charge in [-0.15, -0.1) is 0 Å². The number of hydrogen-bond acceptors (Lipinski definition) is 14. The van der Waals surface area contributed by atoms with Crippen molar-refractivity contribution >= 4 is 49.5 Å². The van der Waals surface area contributed by atoms with Crippen LogP contribution in [-0.2, 0) is 62.1 Å². The highest BCUT2D eigenvalue weighted by atomic mass is 31.2. The number of oxime groups is 1. The van der Waals surface area contributed by atoms with Gasteiger partial charge in [-0.05, 0) is 56.9 Å². The number of phosphoric acid groups is 1. The Hall–Kier alpha value is -6.00. The van der Waals surface area contributed by atoms with Crippen LogP contribution in [0.15, 0.2) is 58.6 Å². The SMILES string of the molecule is CC(=O)N1CCC[C@H]1C(=O)N[C@@H](CC(C)C)C(=O)N[C@@H](Cc1cncn1CCCCCO/N=C/c1cc(Cc2ccccc2)no1)C(=O)N[C@@H](CO)C(=O)N[C@H](C(N)=O)[C@@H](C)OP(=O)(O)O. The first-order valence-electron chi connectivity index (χ1n) is 21.6. The van der Waals surface area contributed by atoms with E-state index in [1.165, 1.54) is 24.2 Å². The molecule has 0 spiro atoms. The Morgan fingerprint density at radius 2 is 1.68 bits per heavy atom. The van der Waals surface area contributed by atoms with E-state index in [9.17, 15) is 48.2 Å². The van der Waals surface area contributed by atoms with Gasteiger partial charge in [0.2, 0.25) is 35.4 Å². The van der Waals surface area contributed by atoms with Gasteiger partial charge in [0.15, 0.2) is 5.76 Å². The number of nitrogens with zero attached hydrogens (tertiary/aromatic N) is 5. The molecule has 0 aliphatic carbocycles. The molecule has 3 aromatic rings. The maximum absolute atomic E-state index is 14.0. The second kappa shape index (κ2) is 25.6.